The van der Waals surface area contributed by atoms with Gasteiger partial charge in [-0.3, -0.25) is 0 Å². The van der Waals surface area contributed by atoms with E-state index in [4.69, 9.17) is 14.5 Å². The lowest BCUT2D eigenvalue weighted by atomic mass is 10.2. The number of imidazole rings is 1. The van der Waals surface area contributed by atoms with Gasteiger partial charge in [-0.1, -0.05) is 19.4 Å². The lowest BCUT2D eigenvalue weighted by Crippen LogP contribution is -2.00. The van der Waals surface area contributed by atoms with Gasteiger partial charge in [-0.25, -0.2) is 4.98 Å². The Labute approximate surface area is 135 Å². The topological polar surface area (TPSA) is 36.3 Å². The molecular formula is C19H20N2O2. The zero-order chi connectivity index (χ0) is 15.8. The molecule has 2 aromatic carbocycles. The number of fused-ring (bicyclic) bond motifs is 2. The van der Waals surface area contributed by atoms with Crippen LogP contribution in [0.1, 0.15) is 25.3 Å². The van der Waals surface area contributed by atoms with Gasteiger partial charge in [-0.05, 0) is 49.2 Å². The molecule has 0 saturated heterocycles. The summed E-state index contributed by atoms with van der Waals surface area (Å²) in [7, 11) is 0. The number of aryl methyl sites for hydroxylation is 2. The number of nitrogens with zero attached hydrogens (tertiary/aromatic N) is 2. The normalized spacial score (nSPS) is 13.0. The Morgan fingerprint density at radius 3 is 2.83 bits per heavy atom. The van der Waals surface area contributed by atoms with E-state index in [1.807, 2.05) is 12.1 Å². The molecule has 0 bridgehead atoms. The van der Waals surface area contributed by atoms with Crippen LogP contribution in [0.2, 0.25) is 0 Å². The van der Waals surface area contributed by atoms with E-state index in [0.29, 0.717) is 6.79 Å². The number of aromatic nitrogens is 2. The summed E-state index contributed by atoms with van der Waals surface area (Å²) in [5.41, 5.74) is 4.54. The molecule has 0 atom stereocenters. The van der Waals surface area contributed by atoms with E-state index in [-0.39, 0.29) is 0 Å². The Hall–Kier alpha value is -2.49. The van der Waals surface area contributed by atoms with Gasteiger partial charge in [0.25, 0.3) is 0 Å². The highest BCUT2D eigenvalue weighted by Gasteiger charge is 2.17. The average molecular weight is 308 g/mol. The van der Waals surface area contributed by atoms with Crippen molar-refractivity contribution < 1.29 is 9.47 Å². The Balaban J connectivity index is 1.87. The zero-order valence-electron chi connectivity index (χ0n) is 13.5. The molecule has 0 N–H and O–H groups in total. The van der Waals surface area contributed by atoms with E-state index in [0.717, 1.165) is 47.8 Å². The minimum atomic E-state index is 0.296. The first-order valence-electron chi connectivity index (χ1n) is 8.13. The van der Waals surface area contributed by atoms with E-state index in [1.165, 1.54) is 11.1 Å². The van der Waals surface area contributed by atoms with Crippen LogP contribution in [0.25, 0.3) is 22.4 Å². The quantitative estimate of drug-likeness (QED) is 0.710. The largest absolute Gasteiger partial charge is 0.454 e. The van der Waals surface area contributed by atoms with E-state index in [9.17, 15) is 0 Å². The summed E-state index contributed by atoms with van der Waals surface area (Å²) in [6.07, 6.45) is 2.29. The molecule has 118 valence electrons. The van der Waals surface area contributed by atoms with Crippen LogP contribution in [0.4, 0.5) is 0 Å². The zero-order valence-corrected chi connectivity index (χ0v) is 13.5. The fourth-order valence-electron chi connectivity index (χ4n) is 3.04. The molecule has 0 aliphatic carbocycles. The summed E-state index contributed by atoms with van der Waals surface area (Å²) in [4.78, 5) is 4.89. The van der Waals surface area contributed by atoms with Crippen LogP contribution in [-0.4, -0.2) is 16.3 Å². The molecule has 23 heavy (non-hydrogen) atoms. The highest BCUT2D eigenvalue weighted by Crippen LogP contribution is 2.36. The molecule has 1 aromatic heterocycles. The number of benzene rings is 2. The van der Waals surface area contributed by atoms with E-state index in [2.05, 4.69) is 42.7 Å². The molecule has 4 nitrogen and oxygen atoms in total. The standard InChI is InChI=1S/C19H20N2O2/c1-3-4-9-21-16-7-5-13(2)10-15(16)20-19(21)14-6-8-17-18(11-14)23-12-22-17/h5-8,10-11H,3-4,9,12H2,1-2H3. The average Bonchev–Trinajstić information content (AvgIpc) is 3.15. The number of hydrogen-bond acceptors (Lipinski definition) is 3. The van der Waals surface area contributed by atoms with Gasteiger partial charge in [0.1, 0.15) is 5.82 Å². The second-order valence-electron chi connectivity index (χ2n) is 6.00. The first-order chi connectivity index (χ1) is 11.3. The molecule has 0 amide bonds. The third-order valence-corrected chi connectivity index (χ3v) is 4.27. The smallest absolute Gasteiger partial charge is 0.231 e. The molecule has 0 radical (unpaired) electrons. The van der Waals surface area contributed by atoms with Crippen molar-refractivity contribution in [2.75, 3.05) is 6.79 Å². The minimum Gasteiger partial charge on any atom is -0.454 e. The van der Waals surface area contributed by atoms with E-state index in [1.54, 1.807) is 0 Å². The van der Waals surface area contributed by atoms with Gasteiger partial charge in [0.2, 0.25) is 6.79 Å². The first-order valence-corrected chi connectivity index (χ1v) is 8.13. The summed E-state index contributed by atoms with van der Waals surface area (Å²) in [6.45, 7) is 5.58. The molecule has 1 aliphatic heterocycles. The first kappa shape index (κ1) is 14.1. The van der Waals surface area contributed by atoms with Gasteiger partial charge in [0, 0.05) is 12.1 Å². The Kier molecular flexibility index (Phi) is 3.45. The highest BCUT2D eigenvalue weighted by molar-refractivity contribution is 5.81. The summed E-state index contributed by atoms with van der Waals surface area (Å²) >= 11 is 0. The molecule has 4 heteroatoms. The third-order valence-electron chi connectivity index (χ3n) is 4.27. The fourth-order valence-corrected chi connectivity index (χ4v) is 3.04. The van der Waals surface area contributed by atoms with Crippen molar-refractivity contribution in [1.82, 2.24) is 9.55 Å². The van der Waals surface area contributed by atoms with Crippen molar-refractivity contribution in [2.45, 2.75) is 33.2 Å². The van der Waals surface area contributed by atoms with Gasteiger partial charge >= 0.3 is 0 Å². The SMILES string of the molecule is CCCCn1c(-c2ccc3c(c2)OCO3)nc2cc(C)ccc21. The maximum absolute atomic E-state index is 5.52. The van der Waals surface area contributed by atoms with Crippen LogP contribution in [0, 0.1) is 6.92 Å². The predicted octanol–water partition coefficient (Wildman–Crippen LogP) is 4.54. The molecule has 0 spiro atoms. The van der Waals surface area contributed by atoms with Crippen molar-refractivity contribution in [3.05, 3.63) is 42.0 Å². The lowest BCUT2D eigenvalue weighted by Gasteiger charge is -2.09. The van der Waals surface area contributed by atoms with Crippen molar-refractivity contribution >= 4 is 11.0 Å². The second-order valence-corrected chi connectivity index (χ2v) is 6.00. The van der Waals surface area contributed by atoms with Gasteiger partial charge in [0.05, 0.1) is 11.0 Å². The van der Waals surface area contributed by atoms with E-state index < -0.39 is 0 Å². The fraction of sp³-hybridized carbons (Fsp3) is 0.316. The molecule has 1 aliphatic rings. The monoisotopic (exact) mass is 308 g/mol. The second kappa shape index (κ2) is 5.61. The molecular weight excluding hydrogens is 288 g/mol. The summed E-state index contributed by atoms with van der Waals surface area (Å²) in [5.74, 6) is 2.60. The summed E-state index contributed by atoms with van der Waals surface area (Å²) in [6, 6.07) is 12.5. The Bertz CT molecular complexity index is 867. The van der Waals surface area contributed by atoms with Crippen LogP contribution in [0.3, 0.4) is 0 Å². The Morgan fingerprint density at radius 2 is 1.96 bits per heavy atom. The van der Waals surface area contributed by atoms with Crippen LogP contribution in [0.15, 0.2) is 36.4 Å². The van der Waals surface area contributed by atoms with Gasteiger partial charge < -0.3 is 14.0 Å². The summed E-state index contributed by atoms with van der Waals surface area (Å²) < 4.78 is 13.2. The van der Waals surface area contributed by atoms with Crippen LogP contribution in [-0.2, 0) is 6.54 Å². The van der Waals surface area contributed by atoms with Crippen molar-refractivity contribution in [2.24, 2.45) is 0 Å². The maximum Gasteiger partial charge on any atom is 0.231 e. The summed E-state index contributed by atoms with van der Waals surface area (Å²) in [5, 5.41) is 0. The van der Waals surface area contributed by atoms with Crippen LogP contribution in [0.5, 0.6) is 11.5 Å². The molecule has 4 rings (SSSR count). The lowest BCUT2D eigenvalue weighted by molar-refractivity contribution is 0.174. The third kappa shape index (κ3) is 2.44. The number of ether oxygens (including phenoxy) is 2. The number of rotatable bonds is 4. The van der Waals surface area contributed by atoms with Crippen molar-refractivity contribution in [3.8, 4) is 22.9 Å². The van der Waals surface area contributed by atoms with Gasteiger partial charge in [0.15, 0.2) is 11.5 Å². The van der Waals surface area contributed by atoms with Crippen LogP contribution >= 0.6 is 0 Å². The molecule has 0 fully saturated rings. The van der Waals surface area contributed by atoms with Gasteiger partial charge in [-0.15, -0.1) is 0 Å². The number of unbranched alkanes of at least 4 members (excludes halogenated alkanes) is 1. The molecule has 2 heterocycles. The van der Waals surface area contributed by atoms with Crippen molar-refractivity contribution in [1.29, 1.82) is 0 Å². The Morgan fingerprint density at radius 1 is 1.09 bits per heavy atom. The molecule has 0 unspecified atom stereocenters. The van der Waals surface area contributed by atoms with Gasteiger partial charge in [-0.2, -0.15) is 0 Å². The van der Waals surface area contributed by atoms with Crippen molar-refractivity contribution in [3.63, 3.8) is 0 Å². The highest BCUT2D eigenvalue weighted by atomic mass is 16.7. The minimum absolute atomic E-state index is 0.296. The van der Waals surface area contributed by atoms with E-state index >= 15 is 0 Å². The maximum atomic E-state index is 5.52. The predicted molar refractivity (Wildman–Crippen MR) is 90.9 cm³/mol. The molecule has 3 aromatic rings. The number of hydrogen-bond donors (Lipinski definition) is 0. The molecule has 0 saturated carbocycles. The van der Waals surface area contributed by atoms with Crippen LogP contribution < -0.4 is 9.47 Å².